The van der Waals surface area contributed by atoms with Crippen molar-refractivity contribution in [2.45, 2.75) is 25.4 Å². The molecule has 0 spiro atoms. The van der Waals surface area contributed by atoms with Gasteiger partial charge in [0.15, 0.2) is 0 Å². The van der Waals surface area contributed by atoms with Crippen molar-refractivity contribution in [3.63, 3.8) is 0 Å². The number of nitrogens with one attached hydrogen (secondary N) is 2. The fourth-order valence-electron chi connectivity index (χ4n) is 3.71. The van der Waals surface area contributed by atoms with Crippen LogP contribution >= 0.6 is 11.3 Å². The Morgan fingerprint density at radius 2 is 1.86 bits per heavy atom. The van der Waals surface area contributed by atoms with E-state index in [0.717, 1.165) is 17.8 Å². The van der Waals surface area contributed by atoms with Crippen LogP contribution in [0.2, 0.25) is 0 Å². The Bertz CT molecular complexity index is 1080. The van der Waals surface area contributed by atoms with Gasteiger partial charge in [-0.3, -0.25) is 24.4 Å². The first-order chi connectivity index (χ1) is 13.6. The lowest BCUT2D eigenvalue weighted by Crippen LogP contribution is -2.40. The Kier molecular flexibility index (Phi) is 5.40. The first kappa shape index (κ1) is 18.6. The molecule has 28 heavy (non-hydrogen) atoms. The van der Waals surface area contributed by atoms with Crippen LogP contribution in [0.5, 0.6) is 0 Å². The van der Waals surface area contributed by atoms with Gasteiger partial charge in [0, 0.05) is 11.4 Å². The van der Waals surface area contributed by atoms with Gasteiger partial charge in [-0.05, 0) is 49.5 Å². The number of thiophene rings is 1. The number of fused-ring (bicyclic) bond motifs is 1. The van der Waals surface area contributed by atoms with Crippen LogP contribution < -0.4 is 16.4 Å². The molecule has 1 fully saturated rings. The van der Waals surface area contributed by atoms with Crippen molar-refractivity contribution < 1.29 is 4.79 Å². The minimum absolute atomic E-state index is 0.138. The van der Waals surface area contributed by atoms with Crippen LogP contribution in [0.3, 0.4) is 0 Å². The molecule has 1 atom stereocenters. The maximum Gasteiger partial charge on any atom is 0.273 e. The second kappa shape index (κ2) is 8.12. The molecule has 1 aromatic carbocycles. The lowest BCUT2D eigenvalue weighted by Gasteiger charge is -2.27. The van der Waals surface area contributed by atoms with E-state index < -0.39 is 0 Å². The summed E-state index contributed by atoms with van der Waals surface area (Å²) in [5.74, 6) is -0.297. The third kappa shape index (κ3) is 3.79. The van der Waals surface area contributed by atoms with E-state index in [1.54, 1.807) is 35.6 Å². The van der Waals surface area contributed by atoms with E-state index in [9.17, 15) is 14.4 Å². The Hall–Kier alpha value is -2.71. The summed E-state index contributed by atoms with van der Waals surface area (Å²) in [6.45, 7) is 2.31. The largest absolute Gasteiger partial charge is 0.353 e. The first-order valence-corrected chi connectivity index (χ1v) is 10.3. The van der Waals surface area contributed by atoms with Gasteiger partial charge < -0.3 is 5.32 Å². The van der Waals surface area contributed by atoms with Gasteiger partial charge in [0.25, 0.3) is 11.1 Å². The number of carbonyl (C=O) groups is 1. The fraction of sp³-hybridized carbons (Fsp3) is 0.350. The number of aromatic amines is 1. The van der Waals surface area contributed by atoms with Crippen LogP contribution in [-0.2, 0) is 11.3 Å². The van der Waals surface area contributed by atoms with E-state index >= 15 is 0 Å². The molecule has 7 nitrogen and oxygen atoms in total. The maximum absolute atomic E-state index is 12.6. The molecule has 146 valence electrons. The van der Waals surface area contributed by atoms with Crippen molar-refractivity contribution >= 4 is 28.0 Å². The molecule has 0 unspecified atom stereocenters. The number of rotatable bonds is 6. The predicted molar refractivity (Wildman–Crippen MR) is 110 cm³/mol. The molecular weight excluding hydrogens is 376 g/mol. The quantitative estimate of drug-likeness (QED) is 0.662. The van der Waals surface area contributed by atoms with Crippen molar-refractivity contribution in [1.82, 2.24) is 20.0 Å². The van der Waals surface area contributed by atoms with Gasteiger partial charge in [-0.15, -0.1) is 11.3 Å². The van der Waals surface area contributed by atoms with Crippen LogP contribution in [0.4, 0.5) is 0 Å². The third-order valence-electron chi connectivity index (χ3n) is 5.13. The summed E-state index contributed by atoms with van der Waals surface area (Å²) in [4.78, 5) is 40.8. The summed E-state index contributed by atoms with van der Waals surface area (Å²) < 4.78 is 1.08. The third-order valence-corrected chi connectivity index (χ3v) is 6.10. The van der Waals surface area contributed by atoms with E-state index in [0.29, 0.717) is 17.3 Å². The van der Waals surface area contributed by atoms with Gasteiger partial charge in [-0.2, -0.15) is 0 Å². The average Bonchev–Trinajstić information content (AvgIpc) is 3.41. The molecule has 3 aromatic rings. The monoisotopic (exact) mass is 398 g/mol. The van der Waals surface area contributed by atoms with E-state index in [4.69, 9.17) is 0 Å². The van der Waals surface area contributed by atoms with Crippen molar-refractivity contribution in [3.8, 4) is 0 Å². The molecule has 2 N–H and O–H groups in total. The lowest BCUT2D eigenvalue weighted by atomic mass is 10.2. The van der Waals surface area contributed by atoms with Gasteiger partial charge in [0.05, 0.1) is 16.8 Å². The molecular formula is C20H22N4O3S. The summed E-state index contributed by atoms with van der Waals surface area (Å²) in [5.41, 5.74) is -0.753. The van der Waals surface area contributed by atoms with Gasteiger partial charge >= 0.3 is 0 Å². The van der Waals surface area contributed by atoms with E-state index in [2.05, 4.69) is 21.4 Å². The summed E-state index contributed by atoms with van der Waals surface area (Å²) in [6, 6.07) is 10.9. The molecule has 8 heteroatoms. The molecule has 1 aliphatic heterocycles. The standard InChI is InChI=1S/C20H22N4O3S/c25-18(13-24-20(27)15-7-2-1-6-14(15)19(26)22-24)21-12-16(17-8-5-11-28-17)23-9-3-4-10-23/h1-2,5-8,11,16H,3-4,9-10,12-13H2,(H,21,25)(H,22,26)/t16-/m1/s1. The maximum atomic E-state index is 12.6. The summed E-state index contributed by atoms with van der Waals surface area (Å²) >= 11 is 1.68. The second-order valence-electron chi connectivity index (χ2n) is 6.96. The zero-order valence-corrected chi connectivity index (χ0v) is 16.2. The molecule has 3 heterocycles. The Labute approximate surface area is 165 Å². The molecule has 0 radical (unpaired) electrons. The number of hydrogen-bond donors (Lipinski definition) is 2. The van der Waals surface area contributed by atoms with Gasteiger partial charge in [0.2, 0.25) is 5.91 Å². The van der Waals surface area contributed by atoms with Crippen LogP contribution in [0.1, 0.15) is 23.8 Å². The van der Waals surface area contributed by atoms with Crippen LogP contribution in [-0.4, -0.2) is 40.2 Å². The highest BCUT2D eigenvalue weighted by Gasteiger charge is 2.24. The topological polar surface area (TPSA) is 87.2 Å². The number of hydrogen-bond acceptors (Lipinski definition) is 5. The Morgan fingerprint density at radius 3 is 2.57 bits per heavy atom. The molecule has 1 amide bonds. The number of H-pyrrole nitrogens is 1. The predicted octanol–water partition coefficient (Wildman–Crippen LogP) is 1.70. The van der Waals surface area contributed by atoms with E-state index in [-0.39, 0.29) is 29.6 Å². The molecule has 1 saturated heterocycles. The van der Waals surface area contributed by atoms with Gasteiger partial charge in [0.1, 0.15) is 6.54 Å². The lowest BCUT2D eigenvalue weighted by molar-refractivity contribution is -0.122. The highest BCUT2D eigenvalue weighted by Crippen LogP contribution is 2.27. The summed E-state index contributed by atoms with van der Waals surface area (Å²) in [6.07, 6.45) is 2.34. The zero-order valence-electron chi connectivity index (χ0n) is 15.4. The number of amides is 1. The number of carbonyl (C=O) groups excluding carboxylic acids is 1. The van der Waals surface area contributed by atoms with Crippen molar-refractivity contribution in [2.75, 3.05) is 19.6 Å². The number of aromatic nitrogens is 2. The smallest absolute Gasteiger partial charge is 0.273 e. The van der Waals surface area contributed by atoms with Crippen LogP contribution in [0, 0.1) is 0 Å². The highest BCUT2D eigenvalue weighted by atomic mass is 32.1. The van der Waals surface area contributed by atoms with Crippen LogP contribution in [0.25, 0.3) is 10.8 Å². The van der Waals surface area contributed by atoms with Crippen molar-refractivity contribution in [3.05, 3.63) is 67.4 Å². The first-order valence-electron chi connectivity index (χ1n) is 9.39. The van der Waals surface area contributed by atoms with Crippen molar-refractivity contribution in [2.24, 2.45) is 0 Å². The molecule has 1 aliphatic rings. The Morgan fingerprint density at radius 1 is 1.11 bits per heavy atom. The molecule has 0 saturated carbocycles. The minimum atomic E-state index is -0.378. The zero-order chi connectivity index (χ0) is 19.5. The van der Waals surface area contributed by atoms with Gasteiger partial charge in [-0.25, -0.2) is 4.68 Å². The molecule has 0 aliphatic carbocycles. The Balaban J connectivity index is 1.48. The number of benzene rings is 1. The van der Waals surface area contributed by atoms with Gasteiger partial charge in [-0.1, -0.05) is 18.2 Å². The minimum Gasteiger partial charge on any atom is -0.353 e. The summed E-state index contributed by atoms with van der Waals surface area (Å²) in [5, 5.41) is 8.12. The van der Waals surface area contributed by atoms with E-state index in [1.807, 2.05) is 11.4 Å². The average molecular weight is 398 g/mol. The molecule has 0 bridgehead atoms. The number of nitrogens with zero attached hydrogens (tertiary/aromatic N) is 2. The fourth-order valence-corrected chi connectivity index (χ4v) is 4.57. The SMILES string of the molecule is O=C(Cn1[nH]c(=O)c2ccccc2c1=O)NC[C@H](c1cccs1)N1CCCC1. The summed E-state index contributed by atoms with van der Waals surface area (Å²) in [7, 11) is 0. The van der Waals surface area contributed by atoms with Crippen LogP contribution in [0.15, 0.2) is 51.4 Å². The molecule has 4 rings (SSSR count). The number of likely N-dealkylation sites (tertiary alicyclic amines) is 1. The highest BCUT2D eigenvalue weighted by molar-refractivity contribution is 7.10. The van der Waals surface area contributed by atoms with Crippen molar-refractivity contribution in [1.29, 1.82) is 0 Å². The second-order valence-corrected chi connectivity index (χ2v) is 7.94. The normalized spacial score (nSPS) is 15.7. The molecule has 2 aromatic heterocycles. The van der Waals surface area contributed by atoms with E-state index in [1.165, 1.54) is 17.7 Å².